The molecule has 0 spiro atoms. The summed E-state index contributed by atoms with van der Waals surface area (Å²) in [5.41, 5.74) is 0. The molecule has 14 heavy (non-hydrogen) atoms. The van der Waals surface area contributed by atoms with E-state index in [0.717, 1.165) is 0 Å². The molecule has 2 atom stereocenters. The molecule has 2 nitrogen and oxygen atoms in total. The standard InChI is InChI=1S/C11H20FNO/c1-7(2)11(14)10-5-9(12)6-13(10)8(3)4/h7-10H,5-6H2,1-4H3. The lowest BCUT2D eigenvalue weighted by atomic mass is 9.99. The molecule has 0 N–H and O–H groups in total. The molecule has 1 rings (SSSR count). The van der Waals surface area contributed by atoms with Gasteiger partial charge < -0.3 is 0 Å². The molecule has 0 aromatic heterocycles. The van der Waals surface area contributed by atoms with Crippen LogP contribution in [0.2, 0.25) is 0 Å². The van der Waals surface area contributed by atoms with Crippen molar-refractivity contribution in [1.29, 1.82) is 0 Å². The number of rotatable bonds is 3. The molecule has 1 aliphatic heterocycles. The Morgan fingerprint density at radius 1 is 1.36 bits per heavy atom. The summed E-state index contributed by atoms with van der Waals surface area (Å²) in [4.78, 5) is 13.8. The van der Waals surface area contributed by atoms with Gasteiger partial charge >= 0.3 is 0 Å². The molecule has 3 heteroatoms. The highest BCUT2D eigenvalue weighted by Gasteiger charge is 2.38. The molecule has 1 aliphatic rings. The van der Waals surface area contributed by atoms with E-state index in [9.17, 15) is 9.18 Å². The summed E-state index contributed by atoms with van der Waals surface area (Å²) < 4.78 is 13.2. The highest BCUT2D eigenvalue weighted by Crippen LogP contribution is 2.25. The second-order valence-electron chi connectivity index (χ2n) is 4.70. The van der Waals surface area contributed by atoms with Crippen molar-refractivity contribution >= 4 is 5.78 Å². The molecule has 82 valence electrons. The fraction of sp³-hybridized carbons (Fsp3) is 0.909. The Balaban J connectivity index is 2.71. The summed E-state index contributed by atoms with van der Waals surface area (Å²) in [6.45, 7) is 8.21. The molecule has 0 aromatic carbocycles. The summed E-state index contributed by atoms with van der Waals surface area (Å²) >= 11 is 0. The Kier molecular flexibility index (Phi) is 3.65. The lowest BCUT2D eigenvalue weighted by Crippen LogP contribution is -2.42. The summed E-state index contributed by atoms with van der Waals surface area (Å²) in [6.07, 6.45) is -0.444. The molecule has 0 aromatic rings. The second kappa shape index (κ2) is 4.39. The quantitative estimate of drug-likeness (QED) is 0.696. The minimum atomic E-state index is -0.829. The van der Waals surface area contributed by atoms with E-state index in [1.54, 1.807) is 0 Å². The number of halogens is 1. The van der Waals surface area contributed by atoms with Crippen molar-refractivity contribution in [3.8, 4) is 0 Å². The van der Waals surface area contributed by atoms with Gasteiger partial charge in [0.1, 0.15) is 6.17 Å². The van der Waals surface area contributed by atoms with Gasteiger partial charge in [-0.2, -0.15) is 0 Å². The third-order valence-electron chi connectivity index (χ3n) is 2.85. The minimum Gasteiger partial charge on any atom is -0.298 e. The molecule has 0 bridgehead atoms. The van der Waals surface area contributed by atoms with E-state index < -0.39 is 6.17 Å². The predicted octanol–water partition coefficient (Wildman–Crippen LogP) is 2.03. The zero-order valence-corrected chi connectivity index (χ0v) is 9.46. The highest BCUT2D eigenvalue weighted by molar-refractivity contribution is 5.86. The average molecular weight is 201 g/mol. The lowest BCUT2D eigenvalue weighted by Gasteiger charge is -2.27. The Morgan fingerprint density at radius 2 is 1.93 bits per heavy atom. The van der Waals surface area contributed by atoms with Gasteiger partial charge in [-0.1, -0.05) is 13.8 Å². The SMILES string of the molecule is CC(C)C(=O)C1CC(F)CN1C(C)C. The van der Waals surface area contributed by atoms with E-state index in [2.05, 4.69) is 0 Å². The molecule has 0 amide bonds. The van der Waals surface area contributed by atoms with Crippen LogP contribution in [0, 0.1) is 5.92 Å². The zero-order chi connectivity index (χ0) is 10.9. The number of Topliss-reactive ketones (excluding diaryl/α,β-unsaturated/α-hetero) is 1. The molecule has 1 fully saturated rings. The van der Waals surface area contributed by atoms with Crippen LogP contribution in [0.5, 0.6) is 0 Å². The molecule has 0 saturated carbocycles. The molecule has 2 unspecified atom stereocenters. The van der Waals surface area contributed by atoms with Crippen molar-refractivity contribution in [1.82, 2.24) is 4.90 Å². The van der Waals surface area contributed by atoms with Gasteiger partial charge in [0.15, 0.2) is 5.78 Å². The number of carbonyl (C=O) groups is 1. The van der Waals surface area contributed by atoms with E-state index in [1.165, 1.54) is 0 Å². The van der Waals surface area contributed by atoms with E-state index in [-0.39, 0.29) is 23.8 Å². The average Bonchev–Trinajstić information content (AvgIpc) is 2.45. The third kappa shape index (κ3) is 2.32. The fourth-order valence-electron chi connectivity index (χ4n) is 2.04. The first-order valence-corrected chi connectivity index (χ1v) is 5.37. The molecule has 0 aliphatic carbocycles. The lowest BCUT2D eigenvalue weighted by molar-refractivity contribution is -0.126. The Morgan fingerprint density at radius 3 is 2.36 bits per heavy atom. The Hall–Kier alpha value is -0.440. The number of ketones is 1. The van der Waals surface area contributed by atoms with Crippen LogP contribution < -0.4 is 0 Å². The van der Waals surface area contributed by atoms with Crippen LogP contribution in [0.4, 0.5) is 4.39 Å². The van der Waals surface area contributed by atoms with Crippen molar-refractivity contribution in [3.63, 3.8) is 0 Å². The summed E-state index contributed by atoms with van der Waals surface area (Å²) in [7, 11) is 0. The summed E-state index contributed by atoms with van der Waals surface area (Å²) in [5.74, 6) is 0.186. The van der Waals surface area contributed by atoms with Gasteiger partial charge in [0.25, 0.3) is 0 Å². The van der Waals surface area contributed by atoms with Gasteiger partial charge in [0.05, 0.1) is 6.04 Å². The third-order valence-corrected chi connectivity index (χ3v) is 2.85. The number of alkyl halides is 1. The zero-order valence-electron chi connectivity index (χ0n) is 9.46. The molecule has 0 radical (unpaired) electrons. The van der Waals surface area contributed by atoms with Gasteiger partial charge in [-0.05, 0) is 13.8 Å². The van der Waals surface area contributed by atoms with E-state index >= 15 is 0 Å². The van der Waals surface area contributed by atoms with Crippen molar-refractivity contribution in [2.24, 2.45) is 5.92 Å². The van der Waals surface area contributed by atoms with Gasteiger partial charge in [-0.15, -0.1) is 0 Å². The first kappa shape index (κ1) is 11.6. The molecular weight excluding hydrogens is 181 g/mol. The highest BCUT2D eigenvalue weighted by atomic mass is 19.1. The number of hydrogen-bond donors (Lipinski definition) is 0. The Labute approximate surface area is 85.5 Å². The monoisotopic (exact) mass is 201 g/mol. The van der Waals surface area contributed by atoms with Crippen LogP contribution in [0.15, 0.2) is 0 Å². The van der Waals surface area contributed by atoms with Crippen LogP contribution in [0.25, 0.3) is 0 Å². The van der Waals surface area contributed by atoms with Crippen LogP contribution in [0.3, 0.4) is 0 Å². The van der Waals surface area contributed by atoms with Gasteiger partial charge in [0, 0.05) is 24.9 Å². The molecule has 1 heterocycles. The van der Waals surface area contributed by atoms with Crippen molar-refractivity contribution < 1.29 is 9.18 Å². The number of nitrogens with zero attached hydrogens (tertiary/aromatic N) is 1. The largest absolute Gasteiger partial charge is 0.298 e. The topological polar surface area (TPSA) is 20.3 Å². The minimum absolute atomic E-state index is 0.00606. The maximum atomic E-state index is 13.2. The maximum absolute atomic E-state index is 13.2. The first-order valence-electron chi connectivity index (χ1n) is 5.37. The first-order chi connectivity index (χ1) is 6.43. The van der Waals surface area contributed by atoms with Crippen molar-refractivity contribution in [3.05, 3.63) is 0 Å². The number of carbonyl (C=O) groups excluding carboxylic acids is 1. The van der Waals surface area contributed by atoms with Crippen LogP contribution in [-0.4, -0.2) is 35.5 Å². The number of hydrogen-bond acceptors (Lipinski definition) is 2. The van der Waals surface area contributed by atoms with Crippen LogP contribution >= 0.6 is 0 Å². The molecular formula is C11H20FNO. The summed E-state index contributed by atoms with van der Waals surface area (Å²) in [5, 5.41) is 0. The smallest absolute Gasteiger partial charge is 0.152 e. The molecule has 1 saturated heterocycles. The summed E-state index contributed by atoms with van der Waals surface area (Å²) in [6, 6.07) is 0.0634. The normalized spacial score (nSPS) is 29.1. The number of likely N-dealkylation sites (tertiary alicyclic amines) is 1. The predicted molar refractivity (Wildman–Crippen MR) is 55.0 cm³/mol. The van der Waals surface area contributed by atoms with E-state index in [1.807, 2.05) is 32.6 Å². The van der Waals surface area contributed by atoms with Gasteiger partial charge in [-0.25, -0.2) is 4.39 Å². The Bertz CT molecular complexity index is 215. The van der Waals surface area contributed by atoms with Gasteiger partial charge in [-0.3, -0.25) is 9.69 Å². The maximum Gasteiger partial charge on any atom is 0.152 e. The van der Waals surface area contributed by atoms with Crippen molar-refractivity contribution in [2.75, 3.05) is 6.54 Å². The van der Waals surface area contributed by atoms with Crippen molar-refractivity contribution in [2.45, 2.75) is 52.4 Å². The second-order valence-corrected chi connectivity index (χ2v) is 4.70. The van der Waals surface area contributed by atoms with Crippen LogP contribution in [0.1, 0.15) is 34.1 Å². The van der Waals surface area contributed by atoms with E-state index in [0.29, 0.717) is 13.0 Å². The fourth-order valence-corrected chi connectivity index (χ4v) is 2.04. The van der Waals surface area contributed by atoms with Crippen LogP contribution in [-0.2, 0) is 4.79 Å². The van der Waals surface area contributed by atoms with Gasteiger partial charge in [0.2, 0.25) is 0 Å². The van der Waals surface area contributed by atoms with E-state index in [4.69, 9.17) is 0 Å².